The number of hydrogen-bond acceptors (Lipinski definition) is 8. The van der Waals surface area contributed by atoms with Crippen molar-refractivity contribution < 1.29 is 0 Å². The normalized spacial score (nSPS) is 20.2. The lowest BCUT2D eigenvalue weighted by molar-refractivity contribution is 0.0897. The van der Waals surface area contributed by atoms with E-state index in [0.717, 1.165) is 66.3 Å². The highest BCUT2D eigenvalue weighted by Crippen LogP contribution is 2.45. The molecular weight excluding hydrogens is 751 g/mol. The van der Waals surface area contributed by atoms with Crippen molar-refractivity contribution in [2.45, 2.75) is 44.3 Å². The maximum Gasteiger partial charge on any atom is 0.226 e. The summed E-state index contributed by atoms with van der Waals surface area (Å²) in [5, 5.41) is 6.00. The standard InChI is InChI=1S/C32H32ClN5.C13H18ClN5/c1-23-19-21-38(22-28(23)37(2)30-27-18-20-34-29(27)35-31(33)36-30)32(24-12-6-3-7-13-24,25-14-8-4-9-15-25)26-16-10-5-11-17-26;1-8-3-5-15-7-10(8)19(2)12-9-4-6-16-11(9)17-13(14)18-12/h3-18,20,23,28H,19,21-22H2,1-2H3,(H,34,35,36);4,6,8,10,15H,3,5,7H2,1-2H3,(H,16,17,18)/t23-,28+;8-,10+/m11/s1. The lowest BCUT2D eigenvalue weighted by Gasteiger charge is -2.52. The molecule has 3 aromatic carbocycles. The van der Waals surface area contributed by atoms with Crippen LogP contribution in [0, 0.1) is 11.8 Å². The summed E-state index contributed by atoms with van der Waals surface area (Å²) in [7, 11) is 4.23. The van der Waals surface area contributed by atoms with Gasteiger partial charge in [0, 0.05) is 58.2 Å². The average Bonchev–Trinajstić information content (AvgIpc) is 3.92. The van der Waals surface area contributed by atoms with Gasteiger partial charge in [-0.3, -0.25) is 4.90 Å². The highest BCUT2D eigenvalue weighted by Gasteiger charge is 2.46. The second-order valence-corrected chi connectivity index (χ2v) is 16.1. The monoisotopic (exact) mass is 800 g/mol. The number of aromatic nitrogens is 6. The molecule has 9 rings (SSSR count). The SMILES string of the molecule is C[C@@H]1CCN(C(c2ccccc2)(c2ccccc2)c2ccccc2)C[C@@H]1N(C)c1nc(Cl)nc2[nH]ccc12.C[C@@H]1CCNC[C@@H]1N(C)c1nc(Cl)nc2[nH]ccc12. The van der Waals surface area contributed by atoms with Gasteiger partial charge in [0.25, 0.3) is 0 Å². The minimum absolute atomic E-state index is 0.225. The molecule has 0 unspecified atom stereocenters. The lowest BCUT2D eigenvalue weighted by Crippen LogP contribution is -2.58. The molecule has 0 bridgehead atoms. The summed E-state index contributed by atoms with van der Waals surface area (Å²) in [5.41, 5.74) is 4.93. The fourth-order valence-electron chi connectivity index (χ4n) is 9.08. The third-order valence-electron chi connectivity index (χ3n) is 12.2. The summed E-state index contributed by atoms with van der Waals surface area (Å²) in [5.74, 6) is 2.87. The van der Waals surface area contributed by atoms with Crippen molar-refractivity contribution in [2.24, 2.45) is 11.8 Å². The maximum absolute atomic E-state index is 6.36. The number of piperidine rings is 2. The Hall–Kier alpha value is -5.00. The molecule has 0 saturated carbocycles. The summed E-state index contributed by atoms with van der Waals surface area (Å²) >= 11 is 12.4. The average molecular weight is 802 g/mol. The molecule has 2 aliphatic heterocycles. The maximum atomic E-state index is 6.36. The molecule has 3 N–H and O–H groups in total. The highest BCUT2D eigenvalue weighted by atomic mass is 35.5. The molecule has 2 aliphatic rings. The van der Waals surface area contributed by atoms with Crippen molar-refractivity contribution >= 4 is 56.9 Å². The fourth-order valence-corrected chi connectivity index (χ4v) is 9.41. The van der Waals surface area contributed by atoms with E-state index in [4.69, 9.17) is 23.2 Å². The summed E-state index contributed by atoms with van der Waals surface area (Å²) in [4.78, 5) is 31.2. The van der Waals surface area contributed by atoms with Gasteiger partial charge in [-0.25, -0.2) is 0 Å². The first kappa shape index (κ1) is 38.9. The molecule has 2 fully saturated rings. The van der Waals surface area contributed by atoms with Gasteiger partial charge in [0.05, 0.1) is 16.3 Å². The van der Waals surface area contributed by atoms with Crippen LogP contribution in [0.5, 0.6) is 0 Å². The van der Waals surface area contributed by atoms with E-state index in [-0.39, 0.29) is 16.6 Å². The smallest absolute Gasteiger partial charge is 0.226 e. The zero-order valence-electron chi connectivity index (χ0n) is 32.9. The van der Waals surface area contributed by atoms with Crippen LogP contribution in [0.15, 0.2) is 116 Å². The van der Waals surface area contributed by atoms with E-state index in [1.165, 1.54) is 23.1 Å². The van der Waals surface area contributed by atoms with Crippen molar-refractivity contribution in [1.82, 2.24) is 40.1 Å². The van der Waals surface area contributed by atoms with Crippen LogP contribution in [0.2, 0.25) is 10.6 Å². The number of halogens is 2. The third-order valence-corrected chi connectivity index (χ3v) is 12.5. The Morgan fingerprint density at radius 2 is 1.07 bits per heavy atom. The first-order valence-corrected chi connectivity index (χ1v) is 20.6. The van der Waals surface area contributed by atoms with Gasteiger partial charge in [-0.05, 0) is 83.2 Å². The van der Waals surface area contributed by atoms with Gasteiger partial charge >= 0.3 is 0 Å². The molecule has 0 radical (unpaired) electrons. The summed E-state index contributed by atoms with van der Waals surface area (Å²) in [6.07, 6.45) is 6.02. The molecule has 0 aliphatic carbocycles. The number of benzene rings is 3. The van der Waals surface area contributed by atoms with E-state index < -0.39 is 5.54 Å². The number of likely N-dealkylation sites (tertiary alicyclic amines) is 1. The van der Waals surface area contributed by atoms with Crippen molar-refractivity contribution in [2.75, 3.05) is 50.1 Å². The zero-order valence-corrected chi connectivity index (χ0v) is 34.4. The van der Waals surface area contributed by atoms with E-state index in [1.807, 2.05) is 24.5 Å². The molecule has 0 spiro atoms. The number of hydrogen-bond donors (Lipinski definition) is 3. The minimum Gasteiger partial charge on any atom is -0.354 e. The first-order valence-electron chi connectivity index (χ1n) is 19.8. The van der Waals surface area contributed by atoms with Gasteiger partial charge in [-0.1, -0.05) is 105 Å². The Labute approximate surface area is 344 Å². The molecular formula is C45H50Cl2N10. The van der Waals surface area contributed by atoms with Gasteiger partial charge in [0.1, 0.15) is 22.9 Å². The van der Waals surface area contributed by atoms with Gasteiger partial charge in [0.15, 0.2) is 0 Å². The predicted molar refractivity (Wildman–Crippen MR) is 233 cm³/mol. The van der Waals surface area contributed by atoms with E-state index in [9.17, 15) is 0 Å². The van der Waals surface area contributed by atoms with Crippen LogP contribution in [-0.4, -0.2) is 87.2 Å². The van der Waals surface area contributed by atoms with Crippen LogP contribution in [0.25, 0.3) is 22.1 Å². The van der Waals surface area contributed by atoms with Gasteiger partial charge < -0.3 is 25.1 Å². The second-order valence-electron chi connectivity index (χ2n) is 15.5. The Bertz CT molecular complexity index is 2290. The van der Waals surface area contributed by atoms with E-state index in [2.05, 4.69) is 169 Å². The Morgan fingerprint density at radius 1 is 0.614 bits per heavy atom. The van der Waals surface area contributed by atoms with E-state index in [1.54, 1.807) is 0 Å². The Morgan fingerprint density at radius 3 is 1.54 bits per heavy atom. The van der Waals surface area contributed by atoms with Crippen molar-refractivity contribution in [3.05, 3.63) is 143 Å². The molecule has 10 nitrogen and oxygen atoms in total. The lowest BCUT2D eigenvalue weighted by atomic mass is 9.74. The van der Waals surface area contributed by atoms with Crippen LogP contribution >= 0.6 is 23.2 Å². The number of nitrogens with one attached hydrogen (secondary N) is 3. The molecule has 12 heteroatoms. The topological polar surface area (TPSA) is 105 Å². The summed E-state index contributed by atoms with van der Waals surface area (Å²) in [6.45, 7) is 8.56. The van der Waals surface area contributed by atoms with Crippen LogP contribution in [0.4, 0.5) is 11.6 Å². The van der Waals surface area contributed by atoms with Gasteiger partial charge in [-0.2, -0.15) is 19.9 Å². The Kier molecular flexibility index (Phi) is 11.5. The number of anilines is 2. The quantitative estimate of drug-likeness (QED) is 0.104. The number of likely N-dealkylation sites (N-methyl/N-ethyl adjacent to an activating group) is 2. The number of rotatable bonds is 8. The molecule has 4 atom stereocenters. The number of fused-ring (bicyclic) bond motifs is 2. The molecule has 6 heterocycles. The molecule has 4 aromatic heterocycles. The number of nitrogens with zero attached hydrogens (tertiary/aromatic N) is 7. The van der Waals surface area contributed by atoms with Gasteiger partial charge in [0.2, 0.25) is 10.6 Å². The summed E-state index contributed by atoms with van der Waals surface area (Å²) in [6, 6.07) is 37.5. The van der Waals surface area contributed by atoms with Crippen LogP contribution in [0.1, 0.15) is 43.4 Å². The zero-order chi connectivity index (χ0) is 39.5. The molecule has 57 heavy (non-hydrogen) atoms. The van der Waals surface area contributed by atoms with Gasteiger partial charge in [-0.15, -0.1) is 0 Å². The van der Waals surface area contributed by atoms with Crippen molar-refractivity contribution in [1.29, 1.82) is 0 Å². The molecule has 7 aromatic rings. The second kappa shape index (κ2) is 16.8. The summed E-state index contributed by atoms with van der Waals surface area (Å²) < 4.78 is 0. The molecule has 0 amide bonds. The van der Waals surface area contributed by atoms with E-state index in [0.29, 0.717) is 17.9 Å². The fraction of sp³-hybridized carbons (Fsp3) is 0.333. The predicted octanol–water partition coefficient (Wildman–Crippen LogP) is 8.80. The van der Waals surface area contributed by atoms with E-state index >= 15 is 0 Å². The van der Waals surface area contributed by atoms with Crippen molar-refractivity contribution in [3.63, 3.8) is 0 Å². The Balaban J connectivity index is 0.000000200. The first-order chi connectivity index (χ1) is 27.8. The third kappa shape index (κ3) is 7.59. The largest absolute Gasteiger partial charge is 0.354 e. The molecule has 2 saturated heterocycles. The minimum atomic E-state index is -0.435. The highest BCUT2D eigenvalue weighted by molar-refractivity contribution is 6.29. The van der Waals surface area contributed by atoms with Crippen LogP contribution in [-0.2, 0) is 5.54 Å². The van der Waals surface area contributed by atoms with Crippen molar-refractivity contribution in [3.8, 4) is 0 Å². The van der Waals surface area contributed by atoms with Crippen LogP contribution < -0.4 is 15.1 Å². The molecule has 294 valence electrons. The van der Waals surface area contributed by atoms with Crippen LogP contribution in [0.3, 0.4) is 0 Å². The number of H-pyrrole nitrogens is 2. The number of aromatic amines is 2.